The SMILES string of the molecule is CNc1ncc(F)c(-c2ccc(Cl)cc2)n1. The number of halogens is 2. The summed E-state index contributed by atoms with van der Waals surface area (Å²) in [5, 5.41) is 3.36. The van der Waals surface area contributed by atoms with Gasteiger partial charge in [-0.25, -0.2) is 14.4 Å². The first-order chi connectivity index (χ1) is 7.70. The van der Waals surface area contributed by atoms with Crippen LogP contribution >= 0.6 is 11.6 Å². The first kappa shape index (κ1) is 10.8. The zero-order valence-corrected chi connectivity index (χ0v) is 9.29. The molecule has 3 nitrogen and oxygen atoms in total. The van der Waals surface area contributed by atoms with Crippen LogP contribution in [-0.2, 0) is 0 Å². The molecule has 1 N–H and O–H groups in total. The fourth-order valence-corrected chi connectivity index (χ4v) is 1.42. The summed E-state index contributed by atoms with van der Waals surface area (Å²) < 4.78 is 13.5. The van der Waals surface area contributed by atoms with Gasteiger partial charge < -0.3 is 5.32 Å². The lowest BCUT2D eigenvalue weighted by molar-refractivity contribution is 0.619. The van der Waals surface area contributed by atoms with Gasteiger partial charge in [-0.2, -0.15) is 0 Å². The maximum atomic E-state index is 13.5. The topological polar surface area (TPSA) is 37.8 Å². The molecule has 2 rings (SSSR count). The van der Waals surface area contributed by atoms with E-state index in [1.165, 1.54) is 0 Å². The average molecular weight is 238 g/mol. The Kier molecular flexibility index (Phi) is 3.01. The van der Waals surface area contributed by atoms with E-state index in [0.717, 1.165) is 6.20 Å². The van der Waals surface area contributed by atoms with Crippen LogP contribution in [0.15, 0.2) is 30.5 Å². The molecule has 0 amide bonds. The molecule has 82 valence electrons. The Morgan fingerprint density at radius 2 is 1.94 bits per heavy atom. The number of rotatable bonds is 2. The molecule has 0 aliphatic rings. The van der Waals surface area contributed by atoms with Crippen molar-refractivity contribution in [3.8, 4) is 11.3 Å². The van der Waals surface area contributed by atoms with Gasteiger partial charge in [0.05, 0.1) is 6.20 Å². The maximum absolute atomic E-state index is 13.5. The van der Waals surface area contributed by atoms with Gasteiger partial charge in [0, 0.05) is 17.6 Å². The third-order valence-electron chi connectivity index (χ3n) is 2.09. The molecule has 0 saturated carbocycles. The van der Waals surface area contributed by atoms with Gasteiger partial charge in [-0.1, -0.05) is 23.7 Å². The number of benzene rings is 1. The molecule has 0 atom stereocenters. The van der Waals surface area contributed by atoms with E-state index in [1.54, 1.807) is 31.3 Å². The molecule has 0 aliphatic carbocycles. The summed E-state index contributed by atoms with van der Waals surface area (Å²) >= 11 is 5.76. The van der Waals surface area contributed by atoms with Crippen LogP contribution in [-0.4, -0.2) is 17.0 Å². The standard InChI is InChI=1S/C11H9ClFN3/c1-14-11-15-6-9(13)10(16-11)7-2-4-8(12)5-3-7/h2-6H,1H3,(H,14,15,16). The largest absolute Gasteiger partial charge is 0.357 e. The second-order valence-corrected chi connectivity index (χ2v) is 3.58. The lowest BCUT2D eigenvalue weighted by atomic mass is 10.1. The summed E-state index contributed by atoms with van der Waals surface area (Å²) in [6.07, 6.45) is 1.14. The molecule has 0 aliphatic heterocycles. The Bertz CT molecular complexity index is 499. The fraction of sp³-hybridized carbons (Fsp3) is 0.0909. The van der Waals surface area contributed by atoms with Gasteiger partial charge >= 0.3 is 0 Å². The van der Waals surface area contributed by atoms with Gasteiger partial charge in [0.1, 0.15) is 5.69 Å². The van der Waals surface area contributed by atoms with E-state index >= 15 is 0 Å². The minimum Gasteiger partial charge on any atom is -0.357 e. The van der Waals surface area contributed by atoms with Gasteiger partial charge in [-0.05, 0) is 12.1 Å². The molecule has 16 heavy (non-hydrogen) atoms. The average Bonchev–Trinajstić information content (AvgIpc) is 2.31. The maximum Gasteiger partial charge on any atom is 0.223 e. The van der Waals surface area contributed by atoms with Gasteiger partial charge in [0.15, 0.2) is 5.82 Å². The minimum absolute atomic E-state index is 0.260. The molecule has 0 unspecified atom stereocenters. The molecule has 2 aromatic rings. The smallest absolute Gasteiger partial charge is 0.223 e. The Morgan fingerprint density at radius 1 is 1.25 bits per heavy atom. The van der Waals surface area contributed by atoms with Crippen molar-refractivity contribution in [2.24, 2.45) is 0 Å². The summed E-state index contributed by atoms with van der Waals surface area (Å²) in [4.78, 5) is 7.83. The van der Waals surface area contributed by atoms with Crippen molar-refractivity contribution >= 4 is 17.5 Å². The van der Waals surface area contributed by atoms with Crippen LogP contribution in [0.2, 0.25) is 5.02 Å². The molecule has 1 heterocycles. The van der Waals surface area contributed by atoms with Crippen LogP contribution < -0.4 is 5.32 Å². The van der Waals surface area contributed by atoms with Crippen LogP contribution in [0.3, 0.4) is 0 Å². The van der Waals surface area contributed by atoms with Crippen LogP contribution in [0.25, 0.3) is 11.3 Å². The quantitative estimate of drug-likeness (QED) is 0.873. The summed E-state index contributed by atoms with van der Waals surface area (Å²) in [6, 6.07) is 6.81. The highest BCUT2D eigenvalue weighted by Crippen LogP contribution is 2.22. The van der Waals surface area contributed by atoms with Gasteiger partial charge in [-0.3, -0.25) is 0 Å². The number of anilines is 1. The fourth-order valence-electron chi connectivity index (χ4n) is 1.30. The Balaban J connectivity index is 2.50. The molecular formula is C11H9ClFN3. The van der Waals surface area contributed by atoms with Gasteiger partial charge in [-0.15, -0.1) is 0 Å². The first-order valence-corrected chi connectivity index (χ1v) is 5.04. The molecule has 0 spiro atoms. The summed E-state index contributed by atoms with van der Waals surface area (Å²) in [5.41, 5.74) is 0.928. The first-order valence-electron chi connectivity index (χ1n) is 4.67. The normalized spacial score (nSPS) is 10.2. The van der Waals surface area contributed by atoms with Crippen LogP contribution in [0.4, 0.5) is 10.3 Å². The predicted molar refractivity (Wildman–Crippen MR) is 62.0 cm³/mol. The van der Waals surface area contributed by atoms with E-state index in [0.29, 0.717) is 16.5 Å². The highest BCUT2D eigenvalue weighted by atomic mass is 35.5. The predicted octanol–water partition coefficient (Wildman–Crippen LogP) is 2.98. The van der Waals surface area contributed by atoms with Gasteiger partial charge in [0.2, 0.25) is 5.95 Å². The minimum atomic E-state index is -0.457. The van der Waals surface area contributed by atoms with E-state index in [4.69, 9.17) is 11.6 Å². The Hall–Kier alpha value is -1.68. The molecule has 0 saturated heterocycles. The highest BCUT2D eigenvalue weighted by Gasteiger charge is 2.08. The highest BCUT2D eigenvalue weighted by molar-refractivity contribution is 6.30. The number of nitrogens with zero attached hydrogens (tertiary/aromatic N) is 2. The number of hydrogen-bond acceptors (Lipinski definition) is 3. The van der Waals surface area contributed by atoms with Crippen molar-refractivity contribution in [2.75, 3.05) is 12.4 Å². The van der Waals surface area contributed by atoms with E-state index < -0.39 is 5.82 Å². The van der Waals surface area contributed by atoms with Crippen molar-refractivity contribution in [2.45, 2.75) is 0 Å². The number of hydrogen-bond donors (Lipinski definition) is 1. The number of nitrogens with one attached hydrogen (secondary N) is 1. The summed E-state index contributed by atoms with van der Waals surface area (Å²) in [6.45, 7) is 0. The van der Waals surface area contributed by atoms with E-state index in [-0.39, 0.29) is 5.69 Å². The van der Waals surface area contributed by atoms with Crippen LogP contribution in [0, 0.1) is 5.82 Å². The van der Waals surface area contributed by atoms with Crippen molar-refractivity contribution in [1.29, 1.82) is 0 Å². The monoisotopic (exact) mass is 237 g/mol. The molecule has 5 heteroatoms. The Morgan fingerprint density at radius 3 is 2.56 bits per heavy atom. The molecule has 1 aromatic heterocycles. The lowest BCUT2D eigenvalue weighted by Gasteiger charge is -2.04. The van der Waals surface area contributed by atoms with Crippen molar-refractivity contribution in [3.05, 3.63) is 41.3 Å². The molecule has 0 radical (unpaired) electrons. The summed E-state index contributed by atoms with van der Waals surface area (Å²) in [5.74, 6) is -0.0762. The van der Waals surface area contributed by atoms with Crippen LogP contribution in [0.5, 0.6) is 0 Å². The zero-order valence-electron chi connectivity index (χ0n) is 8.54. The number of aromatic nitrogens is 2. The van der Waals surface area contributed by atoms with E-state index in [2.05, 4.69) is 15.3 Å². The third-order valence-corrected chi connectivity index (χ3v) is 2.34. The lowest BCUT2D eigenvalue weighted by Crippen LogP contribution is -1.99. The third kappa shape index (κ3) is 2.12. The van der Waals surface area contributed by atoms with Gasteiger partial charge in [0.25, 0.3) is 0 Å². The zero-order chi connectivity index (χ0) is 11.5. The van der Waals surface area contributed by atoms with Crippen molar-refractivity contribution < 1.29 is 4.39 Å². The Labute approximate surface area is 97.3 Å². The molecular weight excluding hydrogens is 229 g/mol. The van der Waals surface area contributed by atoms with Crippen molar-refractivity contribution in [3.63, 3.8) is 0 Å². The van der Waals surface area contributed by atoms with Crippen LogP contribution in [0.1, 0.15) is 0 Å². The van der Waals surface area contributed by atoms with E-state index in [9.17, 15) is 4.39 Å². The molecule has 0 fully saturated rings. The molecule has 0 bridgehead atoms. The second-order valence-electron chi connectivity index (χ2n) is 3.15. The summed E-state index contributed by atoms with van der Waals surface area (Å²) in [7, 11) is 1.68. The second kappa shape index (κ2) is 4.45. The van der Waals surface area contributed by atoms with Crippen molar-refractivity contribution in [1.82, 2.24) is 9.97 Å². The molecule has 1 aromatic carbocycles. The van der Waals surface area contributed by atoms with E-state index in [1.807, 2.05) is 0 Å².